The van der Waals surface area contributed by atoms with E-state index in [2.05, 4.69) is 0 Å². The third-order valence-electron chi connectivity index (χ3n) is 1.85. The number of halogens is 3. The van der Waals surface area contributed by atoms with Crippen LogP contribution in [0.25, 0.3) is 0 Å². The highest BCUT2D eigenvalue weighted by Gasteiger charge is 2.42. The normalized spacial score (nSPS) is 13.9. The van der Waals surface area contributed by atoms with Crippen LogP contribution in [0.4, 0.5) is 13.2 Å². The molecule has 1 amide bonds. The summed E-state index contributed by atoms with van der Waals surface area (Å²) in [5.41, 5.74) is 5.27. The van der Waals surface area contributed by atoms with Gasteiger partial charge in [-0.05, 0) is 19.4 Å². The molecular formula is C8H15F3N2O. The lowest BCUT2D eigenvalue weighted by Crippen LogP contribution is -2.43. The van der Waals surface area contributed by atoms with Crippen molar-refractivity contribution < 1.29 is 18.0 Å². The fourth-order valence-electron chi connectivity index (χ4n) is 0.986. The van der Waals surface area contributed by atoms with Gasteiger partial charge in [-0.25, -0.2) is 0 Å². The maximum absolute atomic E-state index is 12.0. The number of nitrogens with two attached hydrogens (primary N) is 1. The number of carbonyl (C=O) groups is 1. The Morgan fingerprint density at radius 1 is 1.50 bits per heavy atom. The molecule has 0 aliphatic heterocycles. The van der Waals surface area contributed by atoms with Gasteiger partial charge < -0.3 is 10.6 Å². The molecule has 1 atom stereocenters. The Hall–Kier alpha value is -0.780. The second kappa shape index (κ2) is 5.19. The number of carbonyl (C=O) groups excluding carboxylic acids is 1. The topological polar surface area (TPSA) is 46.3 Å². The molecule has 0 rings (SSSR count). The third kappa shape index (κ3) is 3.95. The van der Waals surface area contributed by atoms with Gasteiger partial charge in [0.25, 0.3) is 0 Å². The number of alkyl halides is 3. The number of rotatable bonds is 4. The van der Waals surface area contributed by atoms with Crippen molar-refractivity contribution in [3.05, 3.63) is 0 Å². The first-order valence-corrected chi connectivity index (χ1v) is 4.39. The molecular weight excluding hydrogens is 197 g/mol. The highest BCUT2D eigenvalue weighted by atomic mass is 19.4. The van der Waals surface area contributed by atoms with Crippen molar-refractivity contribution in [2.45, 2.75) is 20.0 Å². The molecule has 0 radical (unpaired) electrons. The van der Waals surface area contributed by atoms with Gasteiger partial charge in [-0.2, -0.15) is 13.2 Å². The highest BCUT2D eigenvalue weighted by molar-refractivity contribution is 5.81. The molecule has 0 bridgehead atoms. The van der Waals surface area contributed by atoms with Crippen molar-refractivity contribution in [3.8, 4) is 0 Å². The molecule has 0 heterocycles. The summed E-state index contributed by atoms with van der Waals surface area (Å²) < 4.78 is 36.1. The minimum atomic E-state index is -4.79. The molecule has 6 heteroatoms. The zero-order valence-corrected chi connectivity index (χ0v) is 8.27. The standard InChI is InChI=1S/C8H15F3N2O/c1-3-13(5-6(2)4-12)7(14)8(9,10)11/h6H,3-5,12H2,1-2H3. The number of amides is 1. The van der Waals surface area contributed by atoms with Crippen LogP contribution in [-0.2, 0) is 4.79 Å². The largest absolute Gasteiger partial charge is 0.471 e. The summed E-state index contributed by atoms with van der Waals surface area (Å²) in [6.45, 7) is 3.56. The van der Waals surface area contributed by atoms with Crippen LogP contribution in [0.15, 0.2) is 0 Å². The van der Waals surface area contributed by atoms with E-state index < -0.39 is 12.1 Å². The Labute approximate surface area is 81.1 Å². The maximum Gasteiger partial charge on any atom is 0.471 e. The Morgan fingerprint density at radius 2 is 2.00 bits per heavy atom. The lowest BCUT2D eigenvalue weighted by atomic mass is 10.1. The van der Waals surface area contributed by atoms with E-state index in [1.165, 1.54) is 6.92 Å². The molecule has 0 saturated heterocycles. The predicted octanol–water partition coefficient (Wildman–Crippen LogP) is 0.992. The van der Waals surface area contributed by atoms with Gasteiger partial charge in [0, 0.05) is 13.1 Å². The molecule has 84 valence electrons. The summed E-state index contributed by atoms with van der Waals surface area (Å²) in [5, 5.41) is 0. The number of hydrogen-bond donors (Lipinski definition) is 1. The van der Waals surface area contributed by atoms with E-state index in [-0.39, 0.29) is 25.6 Å². The summed E-state index contributed by atoms with van der Waals surface area (Å²) in [5.74, 6) is -1.92. The summed E-state index contributed by atoms with van der Waals surface area (Å²) in [4.78, 5) is 11.6. The van der Waals surface area contributed by atoms with E-state index in [4.69, 9.17) is 5.73 Å². The Morgan fingerprint density at radius 3 is 2.29 bits per heavy atom. The second-order valence-corrected chi connectivity index (χ2v) is 3.18. The fourth-order valence-corrected chi connectivity index (χ4v) is 0.986. The van der Waals surface area contributed by atoms with Crippen LogP contribution in [0.3, 0.4) is 0 Å². The summed E-state index contributed by atoms with van der Waals surface area (Å²) in [6.07, 6.45) is -4.79. The first-order valence-electron chi connectivity index (χ1n) is 4.39. The van der Waals surface area contributed by atoms with E-state index in [1.54, 1.807) is 6.92 Å². The van der Waals surface area contributed by atoms with E-state index >= 15 is 0 Å². The first kappa shape index (κ1) is 13.2. The van der Waals surface area contributed by atoms with Crippen LogP contribution in [-0.4, -0.2) is 36.6 Å². The van der Waals surface area contributed by atoms with Gasteiger partial charge in [-0.1, -0.05) is 6.92 Å². The minimum absolute atomic E-state index is 0.0443. The molecule has 0 aromatic carbocycles. The Kier molecular flexibility index (Phi) is 4.90. The van der Waals surface area contributed by atoms with Crippen molar-refractivity contribution >= 4 is 5.91 Å². The molecule has 14 heavy (non-hydrogen) atoms. The predicted molar refractivity (Wildman–Crippen MR) is 46.5 cm³/mol. The molecule has 0 aliphatic carbocycles. The van der Waals surface area contributed by atoms with Gasteiger partial charge in [-0.3, -0.25) is 4.79 Å². The molecule has 0 aromatic heterocycles. The van der Waals surface area contributed by atoms with Gasteiger partial charge in [0.05, 0.1) is 0 Å². The van der Waals surface area contributed by atoms with E-state index in [9.17, 15) is 18.0 Å². The minimum Gasteiger partial charge on any atom is -0.335 e. The molecule has 0 spiro atoms. The summed E-state index contributed by atoms with van der Waals surface area (Å²) in [7, 11) is 0. The quantitative estimate of drug-likeness (QED) is 0.755. The van der Waals surface area contributed by atoms with Gasteiger partial charge >= 0.3 is 12.1 Å². The molecule has 2 N–H and O–H groups in total. The highest BCUT2D eigenvalue weighted by Crippen LogP contribution is 2.18. The van der Waals surface area contributed by atoms with Gasteiger partial charge in [0.15, 0.2) is 0 Å². The van der Waals surface area contributed by atoms with Crippen LogP contribution in [0, 0.1) is 5.92 Å². The monoisotopic (exact) mass is 212 g/mol. The Balaban J connectivity index is 4.35. The van der Waals surface area contributed by atoms with Crippen molar-refractivity contribution in [2.75, 3.05) is 19.6 Å². The van der Waals surface area contributed by atoms with E-state index in [1.807, 2.05) is 0 Å². The number of nitrogens with zero attached hydrogens (tertiary/aromatic N) is 1. The summed E-state index contributed by atoms with van der Waals surface area (Å²) >= 11 is 0. The third-order valence-corrected chi connectivity index (χ3v) is 1.85. The number of hydrogen-bond acceptors (Lipinski definition) is 2. The van der Waals surface area contributed by atoms with E-state index in [0.29, 0.717) is 0 Å². The van der Waals surface area contributed by atoms with Crippen LogP contribution >= 0.6 is 0 Å². The average Bonchev–Trinajstić information content (AvgIpc) is 2.11. The Bertz CT molecular complexity index is 194. The van der Waals surface area contributed by atoms with Gasteiger partial charge in [-0.15, -0.1) is 0 Å². The summed E-state index contributed by atoms with van der Waals surface area (Å²) in [6, 6.07) is 0. The first-order chi connectivity index (χ1) is 6.32. The van der Waals surface area contributed by atoms with Crippen molar-refractivity contribution in [3.63, 3.8) is 0 Å². The van der Waals surface area contributed by atoms with Crippen molar-refractivity contribution in [1.82, 2.24) is 4.90 Å². The average molecular weight is 212 g/mol. The lowest BCUT2D eigenvalue weighted by Gasteiger charge is -2.24. The van der Waals surface area contributed by atoms with Crippen molar-refractivity contribution in [1.29, 1.82) is 0 Å². The van der Waals surface area contributed by atoms with Gasteiger partial charge in [0.2, 0.25) is 0 Å². The molecule has 0 aliphatic rings. The van der Waals surface area contributed by atoms with Crippen LogP contribution in [0.2, 0.25) is 0 Å². The van der Waals surface area contributed by atoms with Crippen LogP contribution in [0.1, 0.15) is 13.8 Å². The maximum atomic E-state index is 12.0. The van der Waals surface area contributed by atoms with Crippen molar-refractivity contribution in [2.24, 2.45) is 11.7 Å². The SMILES string of the molecule is CCN(CC(C)CN)C(=O)C(F)(F)F. The fraction of sp³-hybridized carbons (Fsp3) is 0.875. The van der Waals surface area contributed by atoms with Crippen LogP contribution in [0.5, 0.6) is 0 Å². The lowest BCUT2D eigenvalue weighted by molar-refractivity contribution is -0.185. The molecule has 0 fully saturated rings. The molecule has 1 unspecified atom stereocenters. The zero-order chi connectivity index (χ0) is 11.4. The molecule has 0 aromatic rings. The van der Waals surface area contributed by atoms with Gasteiger partial charge in [0.1, 0.15) is 0 Å². The molecule has 3 nitrogen and oxygen atoms in total. The second-order valence-electron chi connectivity index (χ2n) is 3.18. The zero-order valence-electron chi connectivity index (χ0n) is 8.27. The van der Waals surface area contributed by atoms with E-state index in [0.717, 1.165) is 4.90 Å². The smallest absolute Gasteiger partial charge is 0.335 e. The van der Waals surface area contributed by atoms with Crippen LogP contribution < -0.4 is 5.73 Å². The molecule has 0 saturated carbocycles.